The van der Waals surface area contributed by atoms with Crippen molar-refractivity contribution >= 4 is 8.25 Å². The molecule has 6 heteroatoms. The lowest BCUT2D eigenvalue weighted by Crippen LogP contribution is -1.99. The molecule has 0 heterocycles. The normalized spacial score (nSPS) is 11.6. The number of rotatable bonds is 6. The highest BCUT2D eigenvalue weighted by atomic mass is 31.1. The van der Waals surface area contributed by atoms with E-state index in [1.807, 2.05) is 0 Å². The zero-order chi connectivity index (χ0) is 7.82. The summed E-state index contributed by atoms with van der Waals surface area (Å²) in [6.45, 7) is 0.633. The van der Waals surface area contributed by atoms with Crippen molar-refractivity contribution in [2.75, 3.05) is 27.4 Å². The van der Waals surface area contributed by atoms with Crippen LogP contribution < -0.4 is 0 Å². The van der Waals surface area contributed by atoms with Gasteiger partial charge in [0.15, 0.2) is 0 Å². The second kappa shape index (κ2) is 7.05. The molecular weight excluding hydrogens is 159 g/mol. The van der Waals surface area contributed by atoms with Crippen molar-refractivity contribution in [3.8, 4) is 0 Å². The quantitative estimate of drug-likeness (QED) is 0.256. The van der Waals surface area contributed by atoms with Crippen LogP contribution in [-0.2, 0) is 23.4 Å². The summed E-state index contributed by atoms with van der Waals surface area (Å²) in [7, 11) is 0.667. The van der Waals surface area contributed by atoms with Gasteiger partial charge in [-0.2, -0.15) is 4.89 Å². The maximum Gasteiger partial charge on any atom is 0.728 e. The molecule has 0 aromatic heterocycles. The van der Waals surface area contributed by atoms with Crippen molar-refractivity contribution in [1.29, 1.82) is 0 Å². The second-order valence-electron chi connectivity index (χ2n) is 1.30. The molecule has 0 N–H and O–H groups in total. The first-order valence-corrected chi connectivity index (χ1v) is 3.70. The molecule has 0 aliphatic rings. The first-order valence-electron chi connectivity index (χ1n) is 2.61. The lowest BCUT2D eigenvalue weighted by atomic mass is 10.8. The monoisotopic (exact) mass is 169 g/mol. The molecule has 5 nitrogen and oxygen atoms in total. The van der Waals surface area contributed by atoms with Crippen molar-refractivity contribution < 1.29 is 23.4 Å². The Labute approximate surface area is 60.1 Å². The molecule has 0 fully saturated rings. The van der Waals surface area contributed by atoms with Crippen LogP contribution >= 0.6 is 8.25 Å². The molecule has 0 radical (unpaired) electrons. The average Bonchev–Trinajstić information content (AvgIpc) is 1.98. The minimum Gasteiger partial charge on any atom is -0.382 e. The van der Waals surface area contributed by atoms with Crippen LogP contribution in [0.2, 0.25) is 0 Å². The highest BCUT2D eigenvalue weighted by molar-refractivity contribution is 7.33. The van der Waals surface area contributed by atoms with E-state index in [0.29, 0.717) is 6.61 Å². The van der Waals surface area contributed by atoms with E-state index in [-0.39, 0.29) is 6.61 Å². The van der Waals surface area contributed by atoms with Gasteiger partial charge in [0.05, 0.1) is 18.4 Å². The van der Waals surface area contributed by atoms with E-state index < -0.39 is 8.25 Å². The minimum atomic E-state index is -2.12. The summed E-state index contributed by atoms with van der Waals surface area (Å²) in [5, 5.41) is 0. The average molecular weight is 169 g/mol. The zero-order valence-corrected chi connectivity index (χ0v) is 6.80. The Kier molecular flexibility index (Phi) is 7.01. The SMILES string of the molecule is COCCOO[P+](=O)OC. The Morgan fingerprint density at radius 2 is 2.00 bits per heavy atom. The van der Waals surface area contributed by atoms with Gasteiger partial charge >= 0.3 is 8.25 Å². The smallest absolute Gasteiger partial charge is 0.382 e. The van der Waals surface area contributed by atoms with Gasteiger partial charge in [-0.05, 0) is 0 Å². The van der Waals surface area contributed by atoms with Crippen molar-refractivity contribution in [2.24, 2.45) is 0 Å². The molecule has 0 aromatic carbocycles. The number of hydrogen-bond acceptors (Lipinski definition) is 5. The molecule has 10 heavy (non-hydrogen) atoms. The van der Waals surface area contributed by atoms with E-state index in [9.17, 15) is 4.57 Å². The van der Waals surface area contributed by atoms with E-state index >= 15 is 0 Å². The predicted octanol–water partition coefficient (Wildman–Crippen LogP) is 0.885. The van der Waals surface area contributed by atoms with Gasteiger partial charge in [0, 0.05) is 11.7 Å². The van der Waals surface area contributed by atoms with E-state index in [0.717, 1.165) is 0 Å². The van der Waals surface area contributed by atoms with E-state index in [1.165, 1.54) is 14.2 Å². The third-order valence-corrected chi connectivity index (χ3v) is 1.16. The predicted molar refractivity (Wildman–Crippen MR) is 33.5 cm³/mol. The number of methoxy groups -OCH3 is 1. The van der Waals surface area contributed by atoms with Crippen molar-refractivity contribution in [3.05, 3.63) is 0 Å². The molecule has 1 unspecified atom stereocenters. The van der Waals surface area contributed by atoms with E-state index in [2.05, 4.69) is 18.8 Å². The minimum absolute atomic E-state index is 0.237. The standard InChI is InChI=1S/C4H10O5P/c1-6-3-4-8-9-10(5)7-2/h3-4H2,1-2H3/q+1. The summed E-state index contributed by atoms with van der Waals surface area (Å²) < 4.78 is 23.4. The number of ether oxygens (including phenoxy) is 1. The first kappa shape index (κ1) is 9.94. The summed E-state index contributed by atoms with van der Waals surface area (Å²) in [5.41, 5.74) is 0. The molecule has 1 atom stereocenters. The summed E-state index contributed by atoms with van der Waals surface area (Å²) in [6.07, 6.45) is 0. The van der Waals surface area contributed by atoms with Gasteiger partial charge in [0.1, 0.15) is 6.61 Å². The maximum absolute atomic E-state index is 10.3. The highest BCUT2D eigenvalue weighted by Gasteiger charge is 2.18. The first-order chi connectivity index (χ1) is 4.81. The van der Waals surface area contributed by atoms with Gasteiger partial charge in [-0.1, -0.05) is 0 Å². The maximum atomic E-state index is 10.3. The Bertz CT molecular complexity index is 95.6. The summed E-state index contributed by atoms with van der Waals surface area (Å²) in [4.78, 5) is 4.39. The molecule has 0 bridgehead atoms. The second-order valence-corrected chi connectivity index (χ2v) is 2.26. The zero-order valence-electron chi connectivity index (χ0n) is 5.90. The molecule has 60 valence electrons. The van der Waals surface area contributed by atoms with Crippen LogP contribution in [0.15, 0.2) is 0 Å². The molecule has 0 aromatic rings. The van der Waals surface area contributed by atoms with E-state index in [1.54, 1.807) is 0 Å². The summed E-state index contributed by atoms with van der Waals surface area (Å²) in [6, 6.07) is 0. The lowest BCUT2D eigenvalue weighted by Gasteiger charge is -1.91. The highest BCUT2D eigenvalue weighted by Crippen LogP contribution is 2.21. The van der Waals surface area contributed by atoms with Crippen LogP contribution in [0.1, 0.15) is 0 Å². The molecule has 0 saturated carbocycles. The third-order valence-electron chi connectivity index (χ3n) is 0.633. The fraction of sp³-hybridized carbons (Fsp3) is 1.00. The van der Waals surface area contributed by atoms with Crippen LogP contribution in [0.3, 0.4) is 0 Å². The van der Waals surface area contributed by atoms with Crippen molar-refractivity contribution in [2.45, 2.75) is 0 Å². The summed E-state index contributed by atoms with van der Waals surface area (Å²) in [5.74, 6) is 0. The lowest BCUT2D eigenvalue weighted by molar-refractivity contribution is -0.215. The molecular formula is C4H10O5P+. The molecule has 0 aliphatic heterocycles. The Hall–Kier alpha value is -0.0600. The van der Waals surface area contributed by atoms with Gasteiger partial charge in [0.25, 0.3) is 0 Å². The largest absolute Gasteiger partial charge is 0.728 e. The Balaban J connectivity index is 2.96. The van der Waals surface area contributed by atoms with Crippen LogP contribution in [0.4, 0.5) is 0 Å². The molecule has 0 aliphatic carbocycles. The number of hydrogen-bond donors (Lipinski definition) is 0. The van der Waals surface area contributed by atoms with Gasteiger partial charge in [0.2, 0.25) is 0 Å². The van der Waals surface area contributed by atoms with Crippen molar-refractivity contribution in [3.63, 3.8) is 0 Å². The van der Waals surface area contributed by atoms with Crippen LogP contribution in [-0.4, -0.2) is 27.4 Å². The van der Waals surface area contributed by atoms with Gasteiger partial charge in [-0.25, -0.2) is 0 Å². The van der Waals surface area contributed by atoms with Crippen molar-refractivity contribution in [1.82, 2.24) is 0 Å². The van der Waals surface area contributed by atoms with Gasteiger partial charge < -0.3 is 4.74 Å². The van der Waals surface area contributed by atoms with E-state index in [4.69, 9.17) is 0 Å². The van der Waals surface area contributed by atoms with Crippen LogP contribution in [0.5, 0.6) is 0 Å². The summed E-state index contributed by atoms with van der Waals surface area (Å²) >= 11 is 0. The topological polar surface area (TPSA) is 54.0 Å². The molecule has 0 rings (SSSR count). The molecule has 0 spiro atoms. The molecule has 0 amide bonds. The third kappa shape index (κ3) is 6.07. The fourth-order valence-corrected chi connectivity index (χ4v) is 0.450. The van der Waals surface area contributed by atoms with Crippen LogP contribution in [0.25, 0.3) is 0 Å². The Morgan fingerprint density at radius 3 is 2.50 bits per heavy atom. The van der Waals surface area contributed by atoms with Gasteiger partial charge in [-0.15, -0.1) is 4.52 Å². The fourth-order valence-electron chi connectivity index (χ4n) is 0.228. The Morgan fingerprint density at radius 1 is 1.30 bits per heavy atom. The van der Waals surface area contributed by atoms with Crippen LogP contribution in [0, 0.1) is 0 Å². The van der Waals surface area contributed by atoms with Gasteiger partial charge in [-0.3, -0.25) is 0 Å². The molecule has 0 saturated heterocycles.